The molecule has 3 amide bonds. The molecule has 0 saturated carbocycles. The van der Waals surface area contributed by atoms with Gasteiger partial charge in [-0.3, -0.25) is 19.8 Å². The predicted octanol–water partition coefficient (Wildman–Crippen LogP) is 2.31. The number of hydrogen-bond donors (Lipinski definition) is 2. The first-order chi connectivity index (χ1) is 17.4. The van der Waals surface area contributed by atoms with Gasteiger partial charge in [0, 0.05) is 55.1 Å². The van der Waals surface area contributed by atoms with Crippen molar-refractivity contribution in [1.29, 1.82) is 0 Å². The summed E-state index contributed by atoms with van der Waals surface area (Å²) in [5.41, 5.74) is 5.37. The number of aromatic nitrogens is 5. The molecular weight excluding hydrogens is 460 g/mol. The zero-order valence-corrected chi connectivity index (χ0v) is 20.0. The number of amides is 3. The number of anilines is 1. The standard InChI is InChI=1S/C25H26N8O3/c1-14(34)24(35)32-7-5-18(6-8-32)33-22-17(13-31(2)25(33)36)11-26-20-4-3-19(29-21(20)22)15-9-16-12-28-30-23(16)27-10-15/h3-4,9-12,14,18,34H,5-8,13H2,1-2H3,(H,27,28,30)/t14-/m1/s1. The number of fused-ring (bicyclic) bond motifs is 4. The second kappa shape index (κ2) is 8.52. The molecule has 0 unspecified atom stereocenters. The number of likely N-dealkylation sites (tertiary alicyclic amines) is 1. The summed E-state index contributed by atoms with van der Waals surface area (Å²) < 4.78 is 0. The average molecular weight is 487 g/mol. The minimum Gasteiger partial charge on any atom is -0.384 e. The van der Waals surface area contributed by atoms with Crippen molar-refractivity contribution in [2.45, 2.75) is 38.5 Å². The van der Waals surface area contributed by atoms with E-state index in [0.29, 0.717) is 49.2 Å². The number of rotatable bonds is 3. The van der Waals surface area contributed by atoms with Gasteiger partial charge in [-0.2, -0.15) is 5.10 Å². The molecule has 184 valence electrons. The van der Waals surface area contributed by atoms with Crippen LogP contribution in [0.2, 0.25) is 0 Å². The predicted molar refractivity (Wildman–Crippen MR) is 133 cm³/mol. The molecule has 2 aliphatic heterocycles. The summed E-state index contributed by atoms with van der Waals surface area (Å²) in [7, 11) is 1.78. The smallest absolute Gasteiger partial charge is 0.324 e. The highest BCUT2D eigenvalue weighted by Gasteiger charge is 2.38. The van der Waals surface area contributed by atoms with E-state index in [-0.39, 0.29) is 18.0 Å². The topological polar surface area (TPSA) is 131 Å². The first kappa shape index (κ1) is 22.4. The van der Waals surface area contributed by atoms with Crippen molar-refractivity contribution in [3.8, 4) is 11.3 Å². The van der Waals surface area contributed by atoms with Crippen LogP contribution in [0.25, 0.3) is 33.3 Å². The van der Waals surface area contributed by atoms with E-state index in [9.17, 15) is 14.7 Å². The third-order valence-corrected chi connectivity index (χ3v) is 7.03. The summed E-state index contributed by atoms with van der Waals surface area (Å²) in [5, 5.41) is 17.5. The number of piperidine rings is 1. The van der Waals surface area contributed by atoms with Gasteiger partial charge < -0.3 is 14.9 Å². The van der Waals surface area contributed by atoms with Crippen LogP contribution >= 0.6 is 0 Å². The van der Waals surface area contributed by atoms with E-state index in [1.807, 2.05) is 29.3 Å². The second-order valence-corrected chi connectivity index (χ2v) is 9.47. The summed E-state index contributed by atoms with van der Waals surface area (Å²) >= 11 is 0. The number of aliphatic hydroxyl groups is 1. The fourth-order valence-electron chi connectivity index (χ4n) is 5.16. The Morgan fingerprint density at radius 2 is 1.97 bits per heavy atom. The maximum Gasteiger partial charge on any atom is 0.324 e. The number of hydrogen-bond acceptors (Lipinski definition) is 7. The van der Waals surface area contributed by atoms with Gasteiger partial charge >= 0.3 is 6.03 Å². The van der Waals surface area contributed by atoms with Crippen LogP contribution in [0, 0.1) is 0 Å². The van der Waals surface area contributed by atoms with Crippen molar-refractivity contribution in [3.05, 3.63) is 42.4 Å². The number of urea groups is 1. The molecule has 0 bridgehead atoms. The fraction of sp³-hybridized carbons (Fsp3) is 0.360. The summed E-state index contributed by atoms with van der Waals surface area (Å²) in [4.78, 5) is 45.0. The number of H-pyrrole nitrogens is 1. The molecule has 2 N–H and O–H groups in total. The minimum absolute atomic E-state index is 0.0935. The zero-order valence-electron chi connectivity index (χ0n) is 20.0. The van der Waals surface area contributed by atoms with Crippen molar-refractivity contribution in [1.82, 2.24) is 34.9 Å². The maximum atomic E-state index is 13.5. The Bertz CT molecular complexity index is 1490. The molecule has 0 spiro atoms. The number of carbonyl (C=O) groups excluding carboxylic acids is 2. The van der Waals surface area contributed by atoms with Gasteiger partial charge in [0.1, 0.15) is 11.6 Å². The van der Waals surface area contributed by atoms with Gasteiger partial charge in [-0.05, 0) is 38.0 Å². The Kier molecular flexibility index (Phi) is 5.29. The van der Waals surface area contributed by atoms with Crippen LogP contribution in [0.4, 0.5) is 10.5 Å². The Morgan fingerprint density at radius 3 is 2.75 bits per heavy atom. The Balaban J connectivity index is 1.42. The van der Waals surface area contributed by atoms with E-state index in [1.165, 1.54) is 6.92 Å². The summed E-state index contributed by atoms with van der Waals surface area (Å²) in [6.45, 7) is 2.89. The first-order valence-electron chi connectivity index (χ1n) is 12.0. The lowest BCUT2D eigenvalue weighted by Crippen LogP contribution is -2.55. The largest absolute Gasteiger partial charge is 0.384 e. The van der Waals surface area contributed by atoms with E-state index in [2.05, 4.69) is 20.2 Å². The van der Waals surface area contributed by atoms with Gasteiger partial charge in [0.05, 0.1) is 29.6 Å². The minimum atomic E-state index is -1.03. The molecule has 6 rings (SSSR count). The number of nitrogens with one attached hydrogen (secondary N) is 1. The van der Waals surface area contributed by atoms with Gasteiger partial charge in [-0.15, -0.1) is 0 Å². The molecule has 4 aromatic rings. The summed E-state index contributed by atoms with van der Waals surface area (Å²) in [6.07, 6.45) is 5.49. The summed E-state index contributed by atoms with van der Waals surface area (Å²) in [6, 6.07) is 5.61. The van der Waals surface area contributed by atoms with E-state index in [4.69, 9.17) is 4.98 Å². The number of aromatic amines is 1. The van der Waals surface area contributed by atoms with Gasteiger partial charge in [0.25, 0.3) is 5.91 Å². The van der Waals surface area contributed by atoms with Crippen LogP contribution < -0.4 is 4.90 Å². The Morgan fingerprint density at radius 1 is 1.17 bits per heavy atom. The van der Waals surface area contributed by atoms with E-state index < -0.39 is 6.10 Å². The van der Waals surface area contributed by atoms with Gasteiger partial charge in [-0.25, -0.2) is 14.8 Å². The van der Waals surface area contributed by atoms with Gasteiger partial charge in [0.2, 0.25) is 0 Å². The fourth-order valence-corrected chi connectivity index (χ4v) is 5.16. The first-order valence-corrected chi connectivity index (χ1v) is 12.0. The molecule has 0 aliphatic carbocycles. The molecular formula is C25H26N8O3. The molecule has 2 aliphatic rings. The second-order valence-electron chi connectivity index (χ2n) is 9.47. The normalized spacial score (nSPS) is 17.6. The zero-order chi connectivity index (χ0) is 25.0. The molecule has 0 aromatic carbocycles. The monoisotopic (exact) mass is 486 g/mol. The number of nitrogens with zero attached hydrogens (tertiary/aromatic N) is 7. The molecule has 36 heavy (non-hydrogen) atoms. The molecule has 6 heterocycles. The van der Waals surface area contributed by atoms with Crippen LogP contribution in [0.3, 0.4) is 0 Å². The van der Waals surface area contributed by atoms with Crippen molar-refractivity contribution in [2.75, 3.05) is 25.0 Å². The van der Waals surface area contributed by atoms with Crippen molar-refractivity contribution in [2.24, 2.45) is 0 Å². The number of pyridine rings is 3. The highest BCUT2D eigenvalue weighted by molar-refractivity contribution is 6.04. The molecule has 4 aromatic heterocycles. The average Bonchev–Trinajstić information content (AvgIpc) is 3.37. The van der Waals surface area contributed by atoms with E-state index >= 15 is 0 Å². The third kappa shape index (κ3) is 3.63. The number of aliphatic hydroxyl groups excluding tert-OH is 1. The Labute approximate surface area is 206 Å². The quantitative estimate of drug-likeness (QED) is 0.454. The van der Waals surface area contributed by atoms with Crippen molar-refractivity contribution >= 4 is 39.7 Å². The van der Waals surface area contributed by atoms with Crippen LogP contribution in [-0.4, -0.2) is 84.3 Å². The molecule has 1 atom stereocenters. The molecule has 1 fully saturated rings. The molecule has 0 radical (unpaired) electrons. The third-order valence-electron chi connectivity index (χ3n) is 7.03. The molecule has 11 heteroatoms. The molecule has 11 nitrogen and oxygen atoms in total. The van der Waals surface area contributed by atoms with E-state index in [0.717, 1.165) is 27.9 Å². The highest BCUT2D eigenvalue weighted by atomic mass is 16.3. The van der Waals surface area contributed by atoms with Crippen molar-refractivity contribution in [3.63, 3.8) is 0 Å². The lowest BCUT2D eigenvalue weighted by atomic mass is 9.99. The van der Waals surface area contributed by atoms with Crippen molar-refractivity contribution < 1.29 is 14.7 Å². The van der Waals surface area contributed by atoms with Crippen LogP contribution in [-0.2, 0) is 11.3 Å². The van der Waals surface area contributed by atoms with Gasteiger partial charge in [0.15, 0.2) is 5.65 Å². The van der Waals surface area contributed by atoms with Crippen LogP contribution in [0.1, 0.15) is 25.3 Å². The van der Waals surface area contributed by atoms with Gasteiger partial charge in [-0.1, -0.05) is 0 Å². The lowest BCUT2D eigenvalue weighted by Gasteiger charge is -2.43. The maximum absolute atomic E-state index is 13.5. The van der Waals surface area contributed by atoms with Crippen LogP contribution in [0.5, 0.6) is 0 Å². The lowest BCUT2D eigenvalue weighted by molar-refractivity contribution is -0.140. The molecule has 1 saturated heterocycles. The summed E-state index contributed by atoms with van der Waals surface area (Å²) in [5.74, 6) is -0.278. The number of carbonyl (C=O) groups is 2. The van der Waals surface area contributed by atoms with Crippen LogP contribution in [0.15, 0.2) is 36.8 Å². The van der Waals surface area contributed by atoms with E-state index in [1.54, 1.807) is 29.2 Å². The Hall–Kier alpha value is -4.12. The highest BCUT2D eigenvalue weighted by Crippen LogP contribution is 2.38. The SMILES string of the molecule is C[C@@H](O)C(=O)N1CCC(N2C(=O)N(C)Cc3cnc4ccc(-c5cnc6[nH]ncc6c5)nc4c32)CC1.